The monoisotopic (exact) mass is 385 g/mol. The van der Waals surface area contributed by atoms with Crippen molar-refractivity contribution in [1.82, 2.24) is 9.88 Å². The summed E-state index contributed by atoms with van der Waals surface area (Å²) in [5.74, 6) is -0.643. The first-order valence-electron chi connectivity index (χ1n) is 8.23. The maximum Gasteiger partial charge on any atom is 0.272 e. The third-order valence-corrected chi connectivity index (χ3v) is 5.76. The molecule has 3 heterocycles. The van der Waals surface area contributed by atoms with Crippen LogP contribution in [0, 0.1) is 15.9 Å². The Morgan fingerprint density at radius 2 is 2.15 bits per heavy atom. The lowest BCUT2D eigenvalue weighted by Crippen LogP contribution is -2.13. The topological polar surface area (TPSA) is 74.9 Å². The molecule has 9 heteroatoms. The van der Waals surface area contributed by atoms with Gasteiger partial charge in [-0.2, -0.15) is 0 Å². The van der Waals surface area contributed by atoms with E-state index in [1.165, 1.54) is 12.1 Å². The number of aromatic nitrogens is 1. The van der Waals surface area contributed by atoms with Crippen molar-refractivity contribution < 1.29 is 9.31 Å². The number of aliphatic imine (C=N–C) groups is 1. The van der Waals surface area contributed by atoms with Gasteiger partial charge in [-0.05, 0) is 18.2 Å². The van der Waals surface area contributed by atoms with E-state index in [4.69, 9.17) is 0 Å². The number of likely N-dealkylation sites (N-methyl/N-ethyl adjacent to an activating group) is 1. The summed E-state index contributed by atoms with van der Waals surface area (Å²) < 4.78 is 15.4. The number of rotatable bonds is 4. The molecule has 0 N–H and O–H groups in total. The molecule has 1 atom stereocenters. The number of halogens is 1. The molecular formula is C18H16FN5O2S. The van der Waals surface area contributed by atoms with Gasteiger partial charge in [0.1, 0.15) is 6.04 Å². The van der Waals surface area contributed by atoms with E-state index in [1.807, 2.05) is 30.4 Å². The van der Waals surface area contributed by atoms with Crippen LogP contribution in [-0.2, 0) is 0 Å². The van der Waals surface area contributed by atoms with E-state index in [2.05, 4.69) is 9.98 Å². The second-order valence-electron chi connectivity index (χ2n) is 6.36. The summed E-state index contributed by atoms with van der Waals surface area (Å²) >= 11 is 1.58. The van der Waals surface area contributed by atoms with Gasteiger partial charge in [-0.25, -0.2) is 4.39 Å². The number of fused-ring (bicyclic) bond motifs is 1. The van der Waals surface area contributed by atoms with Crippen molar-refractivity contribution in [3.8, 4) is 0 Å². The summed E-state index contributed by atoms with van der Waals surface area (Å²) in [7, 11) is 3.71. The molecule has 2 aromatic heterocycles. The Bertz CT molecular complexity index is 1070. The number of nitro benzene ring substituents is 1. The lowest BCUT2D eigenvalue weighted by atomic mass is 10.2. The molecular weight excluding hydrogens is 369 g/mol. The first-order chi connectivity index (χ1) is 12.9. The highest BCUT2D eigenvalue weighted by atomic mass is 32.1. The van der Waals surface area contributed by atoms with Crippen LogP contribution < -0.4 is 4.90 Å². The third-order valence-electron chi connectivity index (χ3n) is 4.51. The van der Waals surface area contributed by atoms with Crippen LogP contribution in [0.1, 0.15) is 10.9 Å². The number of nitro groups is 1. The van der Waals surface area contributed by atoms with Crippen molar-refractivity contribution in [2.45, 2.75) is 6.04 Å². The second-order valence-corrected chi connectivity index (χ2v) is 7.45. The summed E-state index contributed by atoms with van der Waals surface area (Å²) in [5.41, 5.74) is 1.61. The molecule has 0 radical (unpaired) electrons. The first-order valence-corrected chi connectivity index (χ1v) is 9.05. The minimum atomic E-state index is -0.643. The zero-order valence-electron chi connectivity index (χ0n) is 14.7. The van der Waals surface area contributed by atoms with Crippen molar-refractivity contribution in [3.05, 3.63) is 57.3 Å². The number of pyridine rings is 1. The third kappa shape index (κ3) is 3.10. The van der Waals surface area contributed by atoms with E-state index in [1.54, 1.807) is 29.5 Å². The molecule has 0 saturated carbocycles. The molecule has 4 rings (SSSR count). The summed E-state index contributed by atoms with van der Waals surface area (Å²) in [5, 5.41) is 10.8. The SMILES string of the molecule is CN1C=NC(c2cc3nccc(N(C)c4ccc([N+](=O)[O-])cc4F)c3s2)C1. The maximum atomic E-state index is 14.5. The number of anilines is 2. The van der Waals surface area contributed by atoms with E-state index < -0.39 is 10.7 Å². The van der Waals surface area contributed by atoms with Crippen LogP contribution in [0.5, 0.6) is 0 Å². The highest BCUT2D eigenvalue weighted by Crippen LogP contribution is 2.39. The first kappa shape index (κ1) is 17.3. The predicted octanol–water partition coefficient (Wildman–Crippen LogP) is 4.13. The molecule has 0 spiro atoms. The van der Waals surface area contributed by atoms with Gasteiger partial charge in [0.15, 0.2) is 5.82 Å². The van der Waals surface area contributed by atoms with Gasteiger partial charge in [0.05, 0.1) is 38.9 Å². The van der Waals surface area contributed by atoms with Crippen LogP contribution in [0.2, 0.25) is 0 Å². The second kappa shape index (κ2) is 6.58. The van der Waals surface area contributed by atoms with Crippen LogP contribution in [0.3, 0.4) is 0 Å². The maximum absolute atomic E-state index is 14.5. The molecule has 1 unspecified atom stereocenters. The smallest absolute Gasteiger partial charge is 0.272 e. The number of non-ortho nitro benzene ring substituents is 1. The Morgan fingerprint density at radius 3 is 2.81 bits per heavy atom. The molecule has 138 valence electrons. The summed E-state index contributed by atoms with van der Waals surface area (Å²) in [6.07, 6.45) is 3.50. The van der Waals surface area contributed by atoms with Crippen LogP contribution in [0.15, 0.2) is 41.5 Å². The molecule has 0 aliphatic carbocycles. The molecule has 3 aromatic rings. The van der Waals surface area contributed by atoms with Crippen LogP contribution in [0.4, 0.5) is 21.5 Å². The minimum Gasteiger partial charge on any atom is -0.363 e. The normalized spacial score (nSPS) is 16.3. The molecule has 0 bridgehead atoms. The predicted molar refractivity (Wildman–Crippen MR) is 105 cm³/mol. The molecule has 0 saturated heterocycles. The quantitative estimate of drug-likeness (QED) is 0.499. The van der Waals surface area contributed by atoms with Crippen molar-refractivity contribution in [2.75, 3.05) is 25.5 Å². The fourth-order valence-corrected chi connectivity index (χ4v) is 4.31. The molecule has 27 heavy (non-hydrogen) atoms. The lowest BCUT2D eigenvalue weighted by molar-refractivity contribution is -0.385. The van der Waals surface area contributed by atoms with Gasteiger partial charge in [0.2, 0.25) is 0 Å². The van der Waals surface area contributed by atoms with Gasteiger partial charge < -0.3 is 9.80 Å². The summed E-state index contributed by atoms with van der Waals surface area (Å²) in [6, 6.07) is 7.56. The van der Waals surface area contributed by atoms with Gasteiger partial charge >= 0.3 is 0 Å². The standard InChI is InChI=1S/C18H16FN5O2S/c1-22-9-14(21-10-22)17-8-13-18(27-17)16(5-6-20-13)23(2)15-4-3-11(24(25)26)7-12(15)19/h3-8,10,14H,9H2,1-2H3. The van der Waals surface area contributed by atoms with Crippen molar-refractivity contribution in [1.29, 1.82) is 0 Å². The van der Waals surface area contributed by atoms with Gasteiger partial charge in [-0.3, -0.25) is 20.1 Å². The van der Waals surface area contributed by atoms with Gasteiger partial charge in [-0.15, -0.1) is 11.3 Å². The number of nitrogens with zero attached hydrogens (tertiary/aromatic N) is 5. The average Bonchev–Trinajstić information content (AvgIpc) is 3.26. The van der Waals surface area contributed by atoms with E-state index in [-0.39, 0.29) is 17.4 Å². The van der Waals surface area contributed by atoms with Crippen LogP contribution >= 0.6 is 11.3 Å². The van der Waals surface area contributed by atoms with Crippen molar-refractivity contribution in [3.63, 3.8) is 0 Å². The minimum absolute atomic E-state index is 0.0727. The number of thiophene rings is 1. The van der Waals surface area contributed by atoms with Crippen LogP contribution in [0.25, 0.3) is 10.2 Å². The zero-order valence-corrected chi connectivity index (χ0v) is 15.5. The molecule has 1 aliphatic heterocycles. The molecule has 0 fully saturated rings. The largest absolute Gasteiger partial charge is 0.363 e. The Labute approximate surface area is 158 Å². The number of hydrogen-bond acceptors (Lipinski definition) is 7. The van der Waals surface area contributed by atoms with E-state index in [0.29, 0.717) is 0 Å². The van der Waals surface area contributed by atoms with Crippen LogP contribution in [-0.4, -0.2) is 41.8 Å². The van der Waals surface area contributed by atoms with Gasteiger partial charge in [0, 0.05) is 37.8 Å². The molecule has 7 nitrogen and oxygen atoms in total. The fraction of sp³-hybridized carbons (Fsp3) is 0.222. The summed E-state index contributed by atoms with van der Waals surface area (Å²) in [6.45, 7) is 0.814. The Kier molecular flexibility index (Phi) is 4.23. The summed E-state index contributed by atoms with van der Waals surface area (Å²) in [4.78, 5) is 24.0. The van der Waals surface area contributed by atoms with Gasteiger partial charge in [0.25, 0.3) is 5.69 Å². The lowest BCUT2D eigenvalue weighted by Gasteiger charge is -2.20. The average molecular weight is 385 g/mol. The number of hydrogen-bond donors (Lipinski definition) is 0. The van der Waals surface area contributed by atoms with E-state index in [9.17, 15) is 14.5 Å². The van der Waals surface area contributed by atoms with Gasteiger partial charge in [-0.1, -0.05) is 0 Å². The highest BCUT2D eigenvalue weighted by molar-refractivity contribution is 7.19. The number of benzene rings is 1. The molecule has 1 aromatic carbocycles. The molecule has 0 amide bonds. The fourth-order valence-electron chi connectivity index (χ4n) is 3.11. The van der Waals surface area contributed by atoms with Crippen molar-refractivity contribution >= 4 is 45.0 Å². The Balaban J connectivity index is 1.74. The van der Waals surface area contributed by atoms with E-state index in [0.717, 1.165) is 33.4 Å². The van der Waals surface area contributed by atoms with Crippen molar-refractivity contribution in [2.24, 2.45) is 4.99 Å². The highest BCUT2D eigenvalue weighted by Gasteiger charge is 2.22. The molecule has 1 aliphatic rings. The Morgan fingerprint density at radius 1 is 1.33 bits per heavy atom. The Hall–Kier alpha value is -3.07. The zero-order chi connectivity index (χ0) is 19.1. The van der Waals surface area contributed by atoms with E-state index >= 15 is 0 Å².